The van der Waals surface area contributed by atoms with Crippen molar-refractivity contribution in [3.05, 3.63) is 35.1 Å². The van der Waals surface area contributed by atoms with Crippen LogP contribution in [0.25, 0.3) is 5.52 Å². The van der Waals surface area contributed by atoms with Crippen molar-refractivity contribution in [1.29, 1.82) is 0 Å². The van der Waals surface area contributed by atoms with Crippen molar-refractivity contribution in [3.8, 4) is 0 Å². The molecule has 0 spiro atoms. The topological polar surface area (TPSA) is 17.3 Å². The van der Waals surface area contributed by atoms with Crippen LogP contribution < -0.4 is 0 Å². The lowest BCUT2D eigenvalue weighted by molar-refractivity contribution is 0.935. The van der Waals surface area contributed by atoms with Gasteiger partial charge in [-0.05, 0) is 25.1 Å². The molecule has 70 valence electrons. The molecule has 0 atom stereocenters. The van der Waals surface area contributed by atoms with Gasteiger partial charge in [0.05, 0.1) is 11.2 Å². The van der Waals surface area contributed by atoms with Crippen molar-refractivity contribution >= 4 is 17.1 Å². The second-order valence-electron chi connectivity index (χ2n) is 2.47. The van der Waals surface area contributed by atoms with E-state index < -0.39 is 0 Å². The van der Waals surface area contributed by atoms with Crippen LogP contribution in [0, 0.1) is 6.92 Å². The van der Waals surface area contributed by atoms with Crippen LogP contribution >= 0.6 is 11.6 Å². The van der Waals surface area contributed by atoms with E-state index in [0.29, 0.717) is 5.15 Å². The minimum Gasteiger partial charge on any atom is -0.222 e. The number of aryl methyl sites for hydroxylation is 1. The number of rotatable bonds is 0. The third kappa shape index (κ3) is 2.01. The third-order valence-corrected chi connectivity index (χ3v) is 1.85. The Hall–Kier alpha value is -1.02. The Balaban J connectivity index is 0.000000396. The van der Waals surface area contributed by atoms with E-state index >= 15 is 0 Å². The average Bonchev–Trinajstić information content (AvgIpc) is 2.51. The molecule has 2 heterocycles. The van der Waals surface area contributed by atoms with Gasteiger partial charge >= 0.3 is 0 Å². The Kier molecular flexibility index (Phi) is 3.32. The lowest BCUT2D eigenvalue weighted by Crippen LogP contribution is -1.87. The number of aromatic nitrogens is 2. The first-order valence-electron chi connectivity index (χ1n) is 4.38. The van der Waals surface area contributed by atoms with Crippen molar-refractivity contribution in [3.63, 3.8) is 0 Å². The maximum Gasteiger partial charge on any atom is 0.131 e. The molecule has 0 N–H and O–H groups in total. The van der Waals surface area contributed by atoms with Gasteiger partial charge in [0, 0.05) is 0 Å². The summed E-state index contributed by atoms with van der Waals surface area (Å²) in [6, 6.07) is 7.71. The number of fused-ring (bicyclic) bond motifs is 1. The highest BCUT2D eigenvalue weighted by Crippen LogP contribution is 2.12. The number of nitrogens with zero attached hydrogens (tertiary/aromatic N) is 2. The number of halogens is 1. The second-order valence-corrected chi connectivity index (χ2v) is 2.86. The summed E-state index contributed by atoms with van der Waals surface area (Å²) < 4.78 is 1.72. The molecule has 0 saturated heterocycles. The van der Waals surface area contributed by atoms with E-state index in [1.54, 1.807) is 4.52 Å². The van der Waals surface area contributed by atoms with Gasteiger partial charge in [0.25, 0.3) is 0 Å². The fraction of sp³-hybridized carbons (Fsp3) is 0.300. The van der Waals surface area contributed by atoms with Gasteiger partial charge in [-0.2, -0.15) is 5.10 Å². The molecule has 0 aliphatic rings. The summed E-state index contributed by atoms with van der Waals surface area (Å²) in [5.41, 5.74) is 2.02. The fourth-order valence-corrected chi connectivity index (χ4v) is 1.31. The van der Waals surface area contributed by atoms with Gasteiger partial charge in [-0.1, -0.05) is 31.5 Å². The average molecular weight is 197 g/mol. The molecule has 2 rings (SSSR count). The van der Waals surface area contributed by atoms with Gasteiger partial charge in [-0.25, -0.2) is 4.52 Å². The fourth-order valence-electron chi connectivity index (χ4n) is 1.11. The van der Waals surface area contributed by atoms with E-state index in [-0.39, 0.29) is 0 Å². The minimum absolute atomic E-state index is 0.649. The van der Waals surface area contributed by atoms with Gasteiger partial charge in [0.2, 0.25) is 0 Å². The van der Waals surface area contributed by atoms with Crippen LogP contribution in [-0.4, -0.2) is 9.61 Å². The van der Waals surface area contributed by atoms with Crippen molar-refractivity contribution < 1.29 is 0 Å². The zero-order valence-electron chi connectivity index (χ0n) is 8.08. The van der Waals surface area contributed by atoms with E-state index in [2.05, 4.69) is 5.10 Å². The number of hydrogen-bond acceptors (Lipinski definition) is 1. The first-order valence-corrected chi connectivity index (χ1v) is 4.76. The standard InChI is InChI=1S/C8H7ClN2.C2H6/c1-6-5-7-3-2-4-8(9)11(7)10-6;1-2/h2-5H,1H3;1-2H3. The summed E-state index contributed by atoms with van der Waals surface area (Å²) in [5, 5.41) is 4.85. The Morgan fingerprint density at radius 1 is 1.31 bits per heavy atom. The molecule has 0 bridgehead atoms. The zero-order valence-corrected chi connectivity index (χ0v) is 8.84. The van der Waals surface area contributed by atoms with Gasteiger partial charge in [0.15, 0.2) is 0 Å². The van der Waals surface area contributed by atoms with Crippen LogP contribution in [0.1, 0.15) is 19.5 Å². The van der Waals surface area contributed by atoms with Crippen LogP contribution in [-0.2, 0) is 0 Å². The molecule has 0 amide bonds. The summed E-state index contributed by atoms with van der Waals surface area (Å²) in [6.07, 6.45) is 0. The van der Waals surface area contributed by atoms with Crippen molar-refractivity contribution in [1.82, 2.24) is 9.61 Å². The molecule has 0 aliphatic carbocycles. The molecule has 2 aromatic rings. The van der Waals surface area contributed by atoms with Crippen molar-refractivity contribution in [2.24, 2.45) is 0 Å². The summed E-state index contributed by atoms with van der Waals surface area (Å²) in [4.78, 5) is 0. The summed E-state index contributed by atoms with van der Waals surface area (Å²) >= 11 is 5.87. The zero-order chi connectivity index (χ0) is 9.84. The van der Waals surface area contributed by atoms with Crippen LogP contribution in [0.3, 0.4) is 0 Å². The normalized spacial score (nSPS) is 9.54. The molecule has 0 aromatic carbocycles. The molecule has 0 saturated carbocycles. The highest BCUT2D eigenvalue weighted by atomic mass is 35.5. The molecule has 2 nitrogen and oxygen atoms in total. The molecule has 2 aromatic heterocycles. The smallest absolute Gasteiger partial charge is 0.131 e. The van der Waals surface area contributed by atoms with E-state index in [1.807, 2.05) is 45.0 Å². The number of hydrogen-bond donors (Lipinski definition) is 0. The van der Waals surface area contributed by atoms with E-state index in [9.17, 15) is 0 Å². The molecule has 3 heteroatoms. The SMILES string of the molecule is CC.Cc1cc2cccc(Cl)n2n1. The molecule has 0 fully saturated rings. The first kappa shape index (κ1) is 10.1. The molecule has 0 unspecified atom stereocenters. The maximum absolute atomic E-state index is 5.87. The quantitative estimate of drug-likeness (QED) is 0.591. The van der Waals surface area contributed by atoms with Gasteiger partial charge in [-0.15, -0.1) is 0 Å². The summed E-state index contributed by atoms with van der Waals surface area (Å²) in [5.74, 6) is 0. The predicted molar refractivity (Wildman–Crippen MR) is 56.3 cm³/mol. The Morgan fingerprint density at radius 3 is 2.62 bits per heavy atom. The van der Waals surface area contributed by atoms with Gasteiger partial charge in [0.1, 0.15) is 5.15 Å². The van der Waals surface area contributed by atoms with Crippen molar-refractivity contribution in [2.45, 2.75) is 20.8 Å². The lowest BCUT2D eigenvalue weighted by atomic mass is 10.4. The molecular weight excluding hydrogens is 184 g/mol. The third-order valence-electron chi connectivity index (χ3n) is 1.56. The van der Waals surface area contributed by atoms with Crippen LogP contribution in [0.2, 0.25) is 5.15 Å². The van der Waals surface area contributed by atoms with E-state index in [0.717, 1.165) is 11.2 Å². The highest BCUT2D eigenvalue weighted by molar-refractivity contribution is 6.29. The lowest BCUT2D eigenvalue weighted by Gasteiger charge is -1.93. The van der Waals surface area contributed by atoms with Crippen LogP contribution in [0.15, 0.2) is 24.3 Å². The molecule has 0 radical (unpaired) electrons. The highest BCUT2D eigenvalue weighted by Gasteiger charge is 1.98. The Morgan fingerprint density at radius 2 is 2.00 bits per heavy atom. The van der Waals surface area contributed by atoms with Gasteiger partial charge < -0.3 is 0 Å². The Labute approximate surface area is 83.1 Å². The minimum atomic E-state index is 0.649. The van der Waals surface area contributed by atoms with E-state index in [1.165, 1.54) is 0 Å². The monoisotopic (exact) mass is 196 g/mol. The second kappa shape index (κ2) is 4.28. The largest absolute Gasteiger partial charge is 0.222 e. The van der Waals surface area contributed by atoms with E-state index in [4.69, 9.17) is 11.6 Å². The van der Waals surface area contributed by atoms with Gasteiger partial charge in [-0.3, -0.25) is 0 Å². The van der Waals surface area contributed by atoms with Crippen LogP contribution in [0.4, 0.5) is 0 Å². The van der Waals surface area contributed by atoms with Crippen LogP contribution in [0.5, 0.6) is 0 Å². The summed E-state index contributed by atoms with van der Waals surface area (Å²) in [6.45, 7) is 5.95. The first-order chi connectivity index (χ1) is 6.27. The number of pyridine rings is 1. The molecular formula is C10H13ClN2. The van der Waals surface area contributed by atoms with Crippen molar-refractivity contribution in [2.75, 3.05) is 0 Å². The predicted octanol–water partition coefficient (Wildman–Crippen LogP) is 3.32. The molecule has 0 aliphatic heterocycles. The Bertz CT molecular complexity index is 393. The maximum atomic E-state index is 5.87. The molecule has 13 heavy (non-hydrogen) atoms. The summed E-state index contributed by atoms with van der Waals surface area (Å²) in [7, 11) is 0.